The Kier molecular flexibility index (Phi) is 44.3. The van der Waals surface area contributed by atoms with Crippen molar-refractivity contribution >= 4 is 46.4 Å². The molecular weight excluding hydrogens is 1360 g/mol. The number of aryl methyl sites for hydroxylation is 4. The maximum atomic E-state index is 5.75. The van der Waals surface area contributed by atoms with Crippen LogP contribution in [0.1, 0.15) is 410 Å². The van der Waals surface area contributed by atoms with E-state index in [9.17, 15) is 0 Å². The molecule has 0 unspecified atom stereocenters. The van der Waals surface area contributed by atoms with Crippen molar-refractivity contribution in [2.45, 2.75) is 413 Å². The second-order valence-electron chi connectivity index (χ2n) is 34.2. The van der Waals surface area contributed by atoms with Gasteiger partial charge in [0.1, 0.15) is 26.2 Å². The molecule has 9 rings (SSSR count). The maximum Gasteiger partial charge on any atom is 0.169 e. The molecule has 7 aromatic heterocycles. The number of H-pyrrole nitrogens is 2. The lowest BCUT2D eigenvalue weighted by atomic mass is 10.0. The van der Waals surface area contributed by atoms with Crippen LogP contribution in [0, 0.1) is 0 Å². The van der Waals surface area contributed by atoms with Gasteiger partial charge in [-0.3, -0.25) is 0 Å². The van der Waals surface area contributed by atoms with Gasteiger partial charge in [0, 0.05) is 119 Å². The van der Waals surface area contributed by atoms with Gasteiger partial charge in [-0.05, 0) is 96.5 Å². The lowest BCUT2D eigenvalue weighted by molar-refractivity contribution is -0.697. The van der Waals surface area contributed by atoms with E-state index in [0.29, 0.717) is 0 Å². The largest absolute Gasteiger partial charge is 0.354 e. The quantitative estimate of drug-likeness (QED) is 0.0294. The Hall–Kier alpha value is -6.80. The average molecular weight is 1520 g/mol. The normalized spacial score (nSPS) is 12.0. The minimum Gasteiger partial charge on any atom is -0.354 e. The van der Waals surface area contributed by atoms with Crippen LogP contribution >= 0.6 is 0 Å². The molecule has 0 radical (unpaired) electrons. The predicted octanol–water partition coefficient (Wildman–Crippen LogP) is 30.4. The first-order valence-corrected chi connectivity index (χ1v) is 47.7. The van der Waals surface area contributed by atoms with Crippen molar-refractivity contribution in [3.8, 4) is 44.5 Å². The fourth-order valence-electron chi connectivity index (χ4n) is 17.5. The molecule has 0 fully saturated rings. The van der Waals surface area contributed by atoms with Crippen molar-refractivity contribution in [2.24, 2.45) is 0 Å². The summed E-state index contributed by atoms with van der Waals surface area (Å²) in [5, 5.41) is 0. The van der Waals surface area contributed by atoms with E-state index < -0.39 is 0 Å². The fourth-order valence-corrected chi connectivity index (χ4v) is 17.5. The summed E-state index contributed by atoms with van der Waals surface area (Å²) >= 11 is 0. The first-order chi connectivity index (χ1) is 55.5. The number of pyridine rings is 4. The highest BCUT2D eigenvalue weighted by atomic mass is 14.9. The molecule has 0 saturated heterocycles. The summed E-state index contributed by atoms with van der Waals surface area (Å²) < 4.78 is 9.58. The average Bonchev–Trinajstić information content (AvgIpc) is 1.61. The Morgan fingerprint density at radius 2 is 0.348 bits per heavy atom. The van der Waals surface area contributed by atoms with E-state index >= 15 is 0 Å². The van der Waals surface area contributed by atoms with Crippen LogP contribution in [-0.4, -0.2) is 19.9 Å². The first kappa shape index (κ1) is 89.1. The smallest absolute Gasteiger partial charge is 0.169 e. The number of aromatic amines is 2. The summed E-state index contributed by atoms with van der Waals surface area (Å²) in [5.74, 6) is 0. The zero-order chi connectivity index (χ0) is 77.8. The Bertz CT molecular complexity index is 3680. The molecule has 0 saturated carbocycles. The minimum absolute atomic E-state index is 0.927. The van der Waals surface area contributed by atoms with E-state index in [1.165, 1.54) is 365 Å². The zero-order valence-electron chi connectivity index (χ0n) is 72.0. The standard InChI is InChI=1S/C104H157N8/c1-5-9-13-17-21-25-29-33-37-41-45-49-53-57-77-109-81-69-89(70-82-109)101-93-61-63-95(105-93)102(90-71-83-110(84-72-90)78-58-54-50-46-42-38-34-30-26-22-18-14-10-6-2)97-65-67-99(107-97)104(92-75-87-112(88-76-92)80-60-56-52-48-44-40-36-32-28-24-20-16-12-8-4)100-68-66-98(108-100)103(96-64-62-94(101)106-96)91-73-85-111(86-74-91)79-59-55-51-47-43-39-35-31-27-23-19-15-11-7-3/h61-76,81-88H,5-60,77-80H2,1-4H3,(H,105,106,107,108)/q+3/p+1. The number of rotatable bonds is 64. The van der Waals surface area contributed by atoms with E-state index in [0.717, 1.165) is 110 Å². The van der Waals surface area contributed by atoms with Crippen LogP contribution in [0.5, 0.6) is 0 Å². The molecule has 8 bridgehead atoms. The lowest BCUT2D eigenvalue weighted by Crippen LogP contribution is -2.32. The SMILES string of the molecule is CCCCCCCCCCCCCCCC[n+]1ccc(-c2c3nc(c(-c4cc[n+](CCCCCCCCCCCCCCCC)cc4)c4ccc([nH]4)c(-c4cc[n+](CCCCCCCCCCCCCCCC)cc4)c4ccc([nH]4)c(-c4cc[n+](CCCCCCCCCCCCCCCC)cc4)c4nc2C=C4)C=C3)cc1. The molecule has 8 heteroatoms. The summed E-state index contributed by atoms with van der Waals surface area (Å²) in [4.78, 5) is 19.7. The third kappa shape index (κ3) is 32.8. The van der Waals surface area contributed by atoms with Crippen LogP contribution in [0.3, 0.4) is 0 Å². The Morgan fingerprint density at radius 1 is 0.188 bits per heavy atom. The van der Waals surface area contributed by atoms with Crippen molar-refractivity contribution < 1.29 is 18.3 Å². The Balaban J connectivity index is 0.982. The van der Waals surface area contributed by atoms with Gasteiger partial charge in [0.15, 0.2) is 49.6 Å². The third-order valence-electron chi connectivity index (χ3n) is 24.6. The van der Waals surface area contributed by atoms with Gasteiger partial charge in [0.05, 0.1) is 22.8 Å². The molecule has 112 heavy (non-hydrogen) atoms. The number of nitrogens with zero attached hydrogens (tertiary/aromatic N) is 6. The molecule has 0 aromatic carbocycles. The molecule has 2 N–H and O–H groups in total. The summed E-state index contributed by atoms with van der Waals surface area (Å²) in [6.07, 6.45) is 104. The predicted molar refractivity (Wildman–Crippen MR) is 483 cm³/mol. The van der Waals surface area contributed by atoms with E-state index in [2.05, 4.69) is 203 Å². The second kappa shape index (κ2) is 55.7. The molecule has 610 valence electrons. The molecule has 9 heterocycles. The number of hydrogen-bond acceptors (Lipinski definition) is 2. The molecule has 2 aliphatic rings. The highest BCUT2D eigenvalue weighted by molar-refractivity contribution is 6.00. The van der Waals surface area contributed by atoms with Crippen LogP contribution in [0.15, 0.2) is 122 Å². The molecule has 8 nitrogen and oxygen atoms in total. The van der Waals surface area contributed by atoms with Gasteiger partial charge >= 0.3 is 0 Å². The van der Waals surface area contributed by atoms with Crippen LogP contribution in [0.4, 0.5) is 0 Å². The summed E-state index contributed by atoms with van der Waals surface area (Å²) in [5.41, 5.74) is 16.9. The van der Waals surface area contributed by atoms with Crippen LogP contribution < -0.4 is 18.3 Å². The van der Waals surface area contributed by atoms with E-state index in [1.54, 1.807) is 0 Å². The number of fused-ring (bicyclic) bond motifs is 8. The number of unbranched alkanes of at least 4 members (excludes halogenated alkanes) is 52. The molecule has 0 atom stereocenters. The third-order valence-corrected chi connectivity index (χ3v) is 24.6. The van der Waals surface area contributed by atoms with Gasteiger partial charge in [0.2, 0.25) is 0 Å². The van der Waals surface area contributed by atoms with Crippen LogP contribution in [-0.2, 0) is 26.2 Å². The van der Waals surface area contributed by atoms with Crippen molar-refractivity contribution in [3.63, 3.8) is 0 Å². The number of nitrogens with one attached hydrogen (secondary N) is 2. The Morgan fingerprint density at radius 3 is 0.554 bits per heavy atom. The van der Waals surface area contributed by atoms with Crippen molar-refractivity contribution in [2.75, 3.05) is 0 Å². The molecule has 0 spiro atoms. The first-order valence-electron chi connectivity index (χ1n) is 47.7. The van der Waals surface area contributed by atoms with Gasteiger partial charge in [0.25, 0.3) is 0 Å². The summed E-state index contributed by atoms with van der Waals surface area (Å²) in [6, 6.07) is 27.8. The van der Waals surface area contributed by atoms with Gasteiger partial charge < -0.3 is 9.97 Å². The second-order valence-corrected chi connectivity index (χ2v) is 34.2. The molecule has 0 aliphatic carbocycles. The number of hydrogen-bond donors (Lipinski definition) is 2. The lowest BCUT2D eigenvalue weighted by Gasteiger charge is -2.07. The van der Waals surface area contributed by atoms with E-state index in [-0.39, 0.29) is 0 Å². The van der Waals surface area contributed by atoms with Gasteiger partial charge in [-0.15, -0.1) is 0 Å². The van der Waals surface area contributed by atoms with Crippen molar-refractivity contribution in [1.82, 2.24) is 19.9 Å². The molecule has 2 aliphatic heterocycles. The molecule has 0 amide bonds. The maximum absolute atomic E-state index is 5.75. The van der Waals surface area contributed by atoms with Crippen molar-refractivity contribution in [1.29, 1.82) is 0 Å². The molecule has 7 aromatic rings. The number of aromatic nitrogens is 8. The fraction of sp³-hybridized carbons (Fsp3) is 0.615. The summed E-state index contributed by atoms with van der Waals surface area (Å²) in [6.45, 7) is 13.4. The Labute approximate surface area is 683 Å². The topological polar surface area (TPSA) is 72.9 Å². The van der Waals surface area contributed by atoms with Gasteiger partial charge in [-0.1, -0.05) is 336 Å². The highest BCUT2D eigenvalue weighted by Gasteiger charge is 2.22. The van der Waals surface area contributed by atoms with Crippen molar-refractivity contribution in [3.05, 3.63) is 145 Å². The highest BCUT2D eigenvalue weighted by Crippen LogP contribution is 2.39. The van der Waals surface area contributed by atoms with Crippen LogP contribution in [0.2, 0.25) is 0 Å². The zero-order valence-corrected chi connectivity index (χ0v) is 72.0. The molecular formula is C104H158N8+4. The van der Waals surface area contributed by atoms with E-state index in [1.807, 2.05) is 0 Å². The van der Waals surface area contributed by atoms with E-state index in [4.69, 9.17) is 9.97 Å². The minimum atomic E-state index is 0.927. The van der Waals surface area contributed by atoms with Gasteiger partial charge in [-0.2, -0.15) is 0 Å². The van der Waals surface area contributed by atoms with Crippen LogP contribution in [0.25, 0.3) is 90.9 Å². The van der Waals surface area contributed by atoms with Gasteiger partial charge in [-0.25, -0.2) is 28.2 Å². The summed E-state index contributed by atoms with van der Waals surface area (Å²) in [7, 11) is 0. The monoisotopic (exact) mass is 1520 g/mol.